The Morgan fingerprint density at radius 3 is 2.37 bits per heavy atom. The highest BCUT2D eigenvalue weighted by Crippen LogP contribution is 2.27. The number of benzene rings is 2. The fourth-order valence-corrected chi connectivity index (χ4v) is 3.19. The highest BCUT2D eigenvalue weighted by molar-refractivity contribution is 5.95. The van der Waals surface area contributed by atoms with Crippen molar-refractivity contribution in [3.8, 4) is 5.75 Å². The van der Waals surface area contributed by atoms with Gasteiger partial charge in [0.2, 0.25) is 0 Å². The highest BCUT2D eigenvalue weighted by Gasteiger charge is 2.24. The first-order chi connectivity index (χ1) is 13.2. The van der Waals surface area contributed by atoms with E-state index < -0.39 is 0 Å². The van der Waals surface area contributed by atoms with Gasteiger partial charge in [-0.1, -0.05) is 30.3 Å². The van der Waals surface area contributed by atoms with E-state index in [0.29, 0.717) is 12.1 Å². The second-order valence-electron chi connectivity index (χ2n) is 6.45. The summed E-state index contributed by atoms with van der Waals surface area (Å²) < 4.78 is 5.43. The summed E-state index contributed by atoms with van der Waals surface area (Å²) in [7, 11) is 1.68. The van der Waals surface area contributed by atoms with Crippen molar-refractivity contribution >= 4 is 17.5 Å². The van der Waals surface area contributed by atoms with Crippen molar-refractivity contribution in [2.24, 2.45) is 0 Å². The number of para-hydroxylation sites is 2. The van der Waals surface area contributed by atoms with Crippen LogP contribution in [0.4, 0.5) is 5.69 Å². The van der Waals surface area contributed by atoms with Crippen LogP contribution in [0.5, 0.6) is 5.75 Å². The van der Waals surface area contributed by atoms with Gasteiger partial charge in [-0.25, -0.2) is 0 Å². The van der Waals surface area contributed by atoms with Gasteiger partial charge in [-0.3, -0.25) is 20.4 Å². The Hall–Kier alpha value is -3.06. The van der Waals surface area contributed by atoms with Crippen LogP contribution in [0.15, 0.2) is 54.6 Å². The number of quaternary nitrogens is 1. The van der Waals surface area contributed by atoms with Crippen molar-refractivity contribution in [1.29, 1.82) is 0 Å². The van der Waals surface area contributed by atoms with Gasteiger partial charge in [0.05, 0.1) is 39.0 Å². The Kier molecular flexibility index (Phi) is 6.27. The van der Waals surface area contributed by atoms with Crippen molar-refractivity contribution in [3.05, 3.63) is 60.2 Å². The minimum atomic E-state index is -0.319. The van der Waals surface area contributed by atoms with Crippen LogP contribution in [0.1, 0.15) is 10.4 Å². The minimum Gasteiger partial charge on any atom is -0.495 e. The van der Waals surface area contributed by atoms with Gasteiger partial charge >= 0.3 is 0 Å². The van der Waals surface area contributed by atoms with E-state index in [2.05, 4.69) is 21.8 Å². The fraction of sp³-hybridized carbons (Fsp3) is 0.300. The molecule has 2 aromatic rings. The summed E-state index contributed by atoms with van der Waals surface area (Å²) in [5.74, 6) is 0.349. The Bertz CT molecular complexity index is 774. The van der Waals surface area contributed by atoms with E-state index in [1.165, 1.54) is 4.90 Å². The van der Waals surface area contributed by atoms with Crippen LogP contribution < -0.4 is 25.4 Å². The smallest absolute Gasteiger partial charge is 0.293 e. The molecule has 0 spiro atoms. The lowest BCUT2D eigenvalue weighted by atomic mass is 10.2. The van der Waals surface area contributed by atoms with Crippen molar-refractivity contribution < 1.29 is 19.2 Å². The number of amides is 2. The molecule has 1 heterocycles. The molecule has 3 N–H and O–H groups in total. The van der Waals surface area contributed by atoms with Crippen molar-refractivity contribution in [1.82, 2.24) is 10.9 Å². The summed E-state index contributed by atoms with van der Waals surface area (Å²) in [6.45, 7) is 3.71. The van der Waals surface area contributed by atoms with Crippen LogP contribution in [0, 0.1) is 0 Å². The number of piperazine rings is 1. The number of ether oxygens (including phenoxy) is 1. The zero-order valence-corrected chi connectivity index (χ0v) is 15.4. The van der Waals surface area contributed by atoms with Gasteiger partial charge in [0.15, 0.2) is 6.54 Å². The summed E-state index contributed by atoms with van der Waals surface area (Å²) in [5, 5.41) is 0. The maximum absolute atomic E-state index is 12.1. The zero-order chi connectivity index (χ0) is 19.1. The number of nitrogens with one attached hydrogen (secondary N) is 3. The van der Waals surface area contributed by atoms with Crippen LogP contribution in [-0.4, -0.2) is 51.6 Å². The molecule has 0 aromatic heterocycles. The van der Waals surface area contributed by atoms with Crippen LogP contribution in [0.3, 0.4) is 0 Å². The Labute approximate surface area is 158 Å². The summed E-state index contributed by atoms with van der Waals surface area (Å²) in [4.78, 5) is 27.5. The molecule has 1 saturated heterocycles. The molecule has 142 valence electrons. The third-order valence-corrected chi connectivity index (χ3v) is 4.66. The quantitative estimate of drug-likeness (QED) is 0.642. The number of carbonyl (C=O) groups excluding carboxylic acids is 2. The number of rotatable bonds is 5. The molecular formula is C20H25N4O3+. The standard InChI is InChI=1S/C20H24N4O3/c1-27-18-10-6-5-9-17(18)24-13-11-23(12-14-24)15-19(25)21-22-20(26)16-7-3-2-4-8-16/h2-10H,11-15H2,1H3,(H,21,25)(H,22,26)/p+1. The second kappa shape index (κ2) is 9.05. The van der Waals surface area contributed by atoms with Gasteiger partial charge in [0, 0.05) is 5.56 Å². The molecule has 7 heteroatoms. The average Bonchev–Trinajstić information content (AvgIpc) is 2.73. The molecular weight excluding hydrogens is 344 g/mol. The van der Waals surface area contributed by atoms with Crippen LogP contribution in [0.2, 0.25) is 0 Å². The summed E-state index contributed by atoms with van der Waals surface area (Å²) in [6, 6.07) is 16.8. The average molecular weight is 369 g/mol. The SMILES string of the molecule is COc1ccccc1N1CC[NH+](CC(=O)NNC(=O)c2ccccc2)CC1. The maximum atomic E-state index is 12.1. The Balaban J connectivity index is 1.43. The van der Waals surface area contributed by atoms with Crippen LogP contribution in [-0.2, 0) is 4.79 Å². The van der Waals surface area contributed by atoms with Gasteiger partial charge in [-0.05, 0) is 24.3 Å². The summed E-state index contributed by atoms with van der Waals surface area (Å²) in [6.07, 6.45) is 0. The van der Waals surface area contributed by atoms with Crippen molar-refractivity contribution in [3.63, 3.8) is 0 Å². The number of hydrogen-bond acceptors (Lipinski definition) is 4. The molecule has 2 aromatic carbocycles. The normalized spacial score (nSPS) is 14.5. The summed E-state index contributed by atoms with van der Waals surface area (Å²) in [5.41, 5.74) is 6.55. The predicted octanol–water partition coefficient (Wildman–Crippen LogP) is -0.139. The van der Waals surface area contributed by atoms with E-state index >= 15 is 0 Å². The van der Waals surface area contributed by atoms with E-state index in [0.717, 1.165) is 37.6 Å². The van der Waals surface area contributed by atoms with Crippen LogP contribution in [0.25, 0.3) is 0 Å². The van der Waals surface area contributed by atoms with Gasteiger partial charge in [0.25, 0.3) is 11.8 Å². The van der Waals surface area contributed by atoms with Crippen LogP contribution >= 0.6 is 0 Å². The van der Waals surface area contributed by atoms with Gasteiger partial charge in [0.1, 0.15) is 5.75 Å². The Morgan fingerprint density at radius 1 is 1.00 bits per heavy atom. The van der Waals surface area contributed by atoms with Gasteiger partial charge in [-0.15, -0.1) is 0 Å². The molecule has 3 rings (SSSR count). The third kappa shape index (κ3) is 4.98. The number of hydrogen-bond donors (Lipinski definition) is 3. The lowest BCUT2D eigenvalue weighted by Crippen LogP contribution is -3.16. The van der Waals surface area contributed by atoms with E-state index in [-0.39, 0.29) is 11.8 Å². The van der Waals surface area contributed by atoms with E-state index in [4.69, 9.17) is 4.74 Å². The first kappa shape index (κ1) is 18.7. The molecule has 0 atom stereocenters. The van der Waals surface area contributed by atoms with Crippen molar-refractivity contribution in [2.45, 2.75) is 0 Å². The molecule has 0 saturated carbocycles. The number of hydrazine groups is 1. The Morgan fingerprint density at radius 2 is 1.67 bits per heavy atom. The zero-order valence-electron chi connectivity index (χ0n) is 15.4. The molecule has 0 unspecified atom stereocenters. The lowest BCUT2D eigenvalue weighted by molar-refractivity contribution is -0.892. The largest absolute Gasteiger partial charge is 0.495 e. The number of methoxy groups -OCH3 is 1. The monoisotopic (exact) mass is 369 g/mol. The van der Waals surface area contributed by atoms with Crippen molar-refractivity contribution in [2.75, 3.05) is 44.7 Å². The first-order valence-corrected chi connectivity index (χ1v) is 9.03. The topological polar surface area (TPSA) is 75.1 Å². The fourth-order valence-electron chi connectivity index (χ4n) is 3.19. The molecule has 0 aliphatic carbocycles. The minimum absolute atomic E-state index is 0.194. The van der Waals surface area contributed by atoms with Gasteiger partial charge < -0.3 is 14.5 Å². The molecule has 0 bridgehead atoms. The first-order valence-electron chi connectivity index (χ1n) is 9.03. The molecule has 1 aliphatic rings. The second-order valence-corrected chi connectivity index (χ2v) is 6.45. The molecule has 7 nitrogen and oxygen atoms in total. The lowest BCUT2D eigenvalue weighted by Gasteiger charge is -2.33. The molecule has 1 fully saturated rings. The van der Waals surface area contributed by atoms with E-state index in [1.807, 2.05) is 24.3 Å². The molecule has 27 heavy (non-hydrogen) atoms. The predicted molar refractivity (Wildman–Crippen MR) is 103 cm³/mol. The highest BCUT2D eigenvalue weighted by atomic mass is 16.5. The third-order valence-electron chi connectivity index (χ3n) is 4.66. The molecule has 1 aliphatic heterocycles. The number of anilines is 1. The van der Waals surface area contributed by atoms with E-state index in [9.17, 15) is 9.59 Å². The van der Waals surface area contributed by atoms with E-state index in [1.54, 1.807) is 31.4 Å². The molecule has 0 radical (unpaired) electrons. The molecule has 2 amide bonds. The summed E-state index contributed by atoms with van der Waals surface area (Å²) >= 11 is 0. The number of carbonyl (C=O) groups is 2. The maximum Gasteiger partial charge on any atom is 0.293 e. The number of nitrogens with zero attached hydrogens (tertiary/aromatic N) is 1. The van der Waals surface area contributed by atoms with Gasteiger partial charge in [-0.2, -0.15) is 0 Å².